The van der Waals surface area contributed by atoms with Crippen LogP contribution in [-0.2, 0) is 22.4 Å². The Morgan fingerprint density at radius 1 is 0.943 bits per heavy atom. The second-order valence-corrected chi connectivity index (χ2v) is 7.99. The lowest BCUT2D eigenvalue weighted by Gasteiger charge is -2.10. The fraction of sp³-hybridized carbons (Fsp3) is 0.125. The lowest BCUT2D eigenvalue weighted by molar-refractivity contribution is -0.137. The molecule has 0 unspecified atom stereocenters. The summed E-state index contributed by atoms with van der Waals surface area (Å²) in [4.78, 5) is 24.0. The second-order valence-electron chi connectivity index (χ2n) is 7.17. The number of alkyl halides is 3. The average molecular weight is 524 g/mol. The van der Waals surface area contributed by atoms with E-state index in [1.54, 1.807) is 42.5 Å². The number of hydrogen-bond donors (Lipinski definition) is 2. The first-order chi connectivity index (χ1) is 16.6. The summed E-state index contributed by atoms with van der Waals surface area (Å²) in [6.07, 6.45) is -3.84. The number of halogens is 5. The van der Waals surface area contributed by atoms with Crippen LogP contribution < -0.4 is 15.5 Å². The van der Waals surface area contributed by atoms with E-state index >= 15 is 0 Å². The highest BCUT2D eigenvalue weighted by molar-refractivity contribution is 6.42. The first-order valence-corrected chi connectivity index (χ1v) is 10.8. The Bertz CT molecular complexity index is 1250. The van der Waals surface area contributed by atoms with Crippen molar-refractivity contribution in [3.63, 3.8) is 0 Å². The predicted octanol–water partition coefficient (Wildman–Crippen LogP) is 6.07. The summed E-state index contributed by atoms with van der Waals surface area (Å²) in [5, 5.41) is 6.91. The van der Waals surface area contributed by atoms with Crippen LogP contribution >= 0.6 is 23.2 Å². The number of amides is 2. The van der Waals surface area contributed by atoms with Crippen LogP contribution in [0.3, 0.4) is 0 Å². The molecule has 0 saturated carbocycles. The Kier molecular flexibility index (Phi) is 8.73. The quantitative estimate of drug-likeness (QED) is 0.213. The third kappa shape index (κ3) is 8.01. The summed E-state index contributed by atoms with van der Waals surface area (Å²) in [7, 11) is 0. The first kappa shape index (κ1) is 26.1. The maximum absolute atomic E-state index is 12.8. The molecule has 2 N–H and O–H groups in total. The van der Waals surface area contributed by atoms with Crippen LogP contribution in [0.1, 0.15) is 23.1 Å². The molecule has 0 aliphatic carbocycles. The van der Waals surface area contributed by atoms with E-state index in [9.17, 15) is 22.8 Å². The van der Waals surface area contributed by atoms with Gasteiger partial charge in [-0.2, -0.15) is 18.3 Å². The van der Waals surface area contributed by atoms with Crippen molar-refractivity contribution in [2.45, 2.75) is 19.2 Å². The standard InChI is InChI=1S/C24H18Cl2F3N3O3/c25-19-9-8-15(10-20(19)26)14-35-21-7-2-1-4-16(21)13-30-32-23(34)12-22(33)31-18-6-3-5-17(11-18)24(27,28)29/h1-11,13H,12,14H2,(H,31,33)(H,32,34). The highest BCUT2D eigenvalue weighted by Gasteiger charge is 2.30. The van der Waals surface area contributed by atoms with E-state index in [1.807, 2.05) is 0 Å². The van der Waals surface area contributed by atoms with Gasteiger partial charge in [0.2, 0.25) is 11.8 Å². The Morgan fingerprint density at radius 3 is 2.46 bits per heavy atom. The van der Waals surface area contributed by atoms with Gasteiger partial charge in [-0.1, -0.05) is 47.5 Å². The second kappa shape index (κ2) is 11.7. The van der Waals surface area contributed by atoms with Gasteiger partial charge in [-0.25, -0.2) is 5.43 Å². The van der Waals surface area contributed by atoms with E-state index in [0.717, 1.165) is 23.8 Å². The molecule has 182 valence electrons. The summed E-state index contributed by atoms with van der Waals surface area (Å²) < 4.78 is 44.1. The molecule has 0 radical (unpaired) electrons. The van der Waals surface area contributed by atoms with E-state index in [0.29, 0.717) is 21.4 Å². The van der Waals surface area contributed by atoms with Crippen molar-refractivity contribution in [3.8, 4) is 5.75 Å². The number of para-hydroxylation sites is 1. The SMILES string of the molecule is O=C(CC(=O)Nc1cccc(C(F)(F)F)c1)NN=Cc1ccccc1OCc1ccc(Cl)c(Cl)c1. The van der Waals surface area contributed by atoms with Crippen LogP contribution in [0.15, 0.2) is 71.8 Å². The molecule has 0 heterocycles. The number of carbonyl (C=O) groups excluding carboxylic acids is 2. The maximum atomic E-state index is 12.8. The van der Waals surface area contributed by atoms with Gasteiger partial charge in [0.25, 0.3) is 0 Å². The molecule has 6 nitrogen and oxygen atoms in total. The van der Waals surface area contributed by atoms with E-state index in [4.69, 9.17) is 27.9 Å². The van der Waals surface area contributed by atoms with Crippen molar-refractivity contribution in [1.82, 2.24) is 5.43 Å². The third-order valence-electron chi connectivity index (χ3n) is 4.49. The molecule has 35 heavy (non-hydrogen) atoms. The van der Waals surface area contributed by atoms with Crippen LogP contribution in [0, 0.1) is 0 Å². The summed E-state index contributed by atoms with van der Waals surface area (Å²) in [6, 6.07) is 16.2. The van der Waals surface area contributed by atoms with Crippen molar-refractivity contribution >= 4 is 46.9 Å². The third-order valence-corrected chi connectivity index (χ3v) is 5.22. The van der Waals surface area contributed by atoms with E-state index in [1.165, 1.54) is 12.3 Å². The van der Waals surface area contributed by atoms with Gasteiger partial charge in [-0.05, 0) is 48.0 Å². The van der Waals surface area contributed by atoms with Crippen molar-refractivity contribution in [2.75, 3.05) is 5.32 Å². The smallest absolute Gasteiger partial charge is 0.416 e. The molecule has 2 amide bonds. The molecule has 11 heteroatoms. The molecule has 0 bridgehead atoms. The topological polar surface area (TPSA) is 79.8 Å². The Hall–Kier alpha value is -3.56. The van der Waals surface area contributed by atoms with Gasteiger partial charge in [0.05, 0.1) is 21.8 Å². The van der Waals surface area contributed by atoms with Crippen LogP contribution in [0.2, 0.25) is 10.0 Å². The normalized spacial score (nSPS) is 11.3. The molecular formula is C24H18Cl2F3N3O3. The largest absolute Gasteiger partial charge is 0.488 e. The zero-order valence-electron chi connectivity index (χ0n) is 17.9. The molecule has 0 saturated heterocycles. The summed E-state index contributed by atoms with van der Waals surface area (Å²) in [5.41, 5.74) is 2.57. The van der Waals surface area contributed by atoms with Crippen molar-refractivity contribution in [3.05, 3.63) is 93.5 Å². The maximum Gasteiger partial charge on any atom is 0.416 e. The van der Waals surface area contributed by atoms with Gasteiger partial charge in [0.15, 0.2) is 0 Å². The van der Waals surface area contributed by atoms with Gasteiger partial charge >= 0.3 is 6.18 Å². The summed E-state index contributed by atoms with van der Waals surface area (Å²) in [6.45, 7) is 0.212. The molecule has 0 aliphatic rings. The molecule has 0 aliphatic heterocycles. The molecular weight excluding hydrogens is 506 g/mol. The first-order valence-electron chi connectivity index (χ1n) is 10.1. The van der Waals surface area contributed by atoms with Crippen LogP contribution in [0.25, 0.3) is 0 Å². The molecule has 3 rings (SSSR count). The number of nitrogens with one attached hydrogen (secondary N) is 2. The van der Waals surface area contributed by atoms with E-state index in [-0.39, 0.29) is 12.3 Å². The summed E-state index contributed by atoms with van der Waals surface area (Å²) in [5.74, 6) is -1.05. The molecule has 0 atom stereocenters. The van der Waals surface area contributed by atoms with E-state index < -0.39 is 30.0 Å². The number of benzene rings is 3. The number of hydrogen-bond acceptors (Lipinski definition) is 4. The fourth-order valence-electron chi connectivity index (χ4n) is 2.85. The molecule has 0 fully saturated rings. The minimum absolute atomic E-state index is 0.0748. The number of carbonyl (C=O) groups is 2. The highest BCUT2D eigenvalue weighted by atomic mass is 35.5. The van der Waals surface area contributed by atoms with Crippen LogP contribution in [-0.4, -0.2) is 18.0 Å². The Morgan fingerprint density at radius 2 is 1.71 bits per heavy atom. The van der Waals surface area contributed by atoms with Gasteiger partial charge < -0.3 is 10.1 Å². The molecule has 0 spiro atoms. The predicted molar refractivity (Wildman–Crippen MR) is 128 cm³/mol. The summed E-state index contributed by atoms with van der Waals surface area (Å²) >= 11 is 11.9. The Labute approximate surface area is 208 Å². The van der Waals surface area contributed by atoms with Gasteiger partial charge in [-0.15, -0.1) is 0 Å². The van der Waals surface area contributed by atoms with Gasteiger partial charge in [0.1, 0.15) is 18.8 Å². The number of anilines is 1. The van der Waals surface area contributed by atoms with Crippen LogP contribution in [0.5, 0.6) is 5.75 Å². The number of rotatable bonds is 8. The van der Waals surface area contributed by atoms with Crippen molar-refractivity contribution < 1.29 is 27.5 Å². The highest BCUT2D eigenvalue weighted by Crippen LogP contribution is 2.30. The van der Waals surface area contributed by atoms with Crippen molar-refractivity contribution in [2.24, 2.45) is 5.10 Å². The average Bonchev–Trinajstić information content (AvgIpc) is 2.80. The monoisotopic (exact) mass is 523 g/mol. The molecule has 0 aromatic heterocycles. The minimum Gasteiger partial charge on any atom is -0.488 e. The lowest BCUT2D eigenvalue weighted by atomic mass is 10.2. The minimum atomic E-state index is -4.55. The Balaban J connectivity index is 1.53. The van der Waals surface area contributed by atoms with E-state index in [2.05, 4.69) is 15.8 Å². The number of hydrazone groups is 1. The number of ether oxygens (including phenoxy) is 1. The van der Waals surface area contributed by atoms with Gasteiger partial charge in [-0.3, -0.25) is 9.59 Å². The molecule has 3 aromatic rings. The van der Waals surface area contributed by atoms with Crippen LogP contribution in [0.4, 0.5) is 18.9 Å². The number of nitrogens with zero attached hydrogens (tertiary/aromatic N) is 1. The zero-order valence-corrected chi connectivity index (χ0v) is 19.4. The van der Waals surface area contributed by atoms with Gasteiger partial charge in [0, 0.05) is 11.3 Å². The zero-order chi connectivity index (χ0) is 25.4. The van der Waals surface area contributed by atoms with Crippen molar-refractivity contribution in [1.29, 1.82) is 0 Å². The lowest BCUT2D eigenvalue weighted by Crippen LogP contribution is -2.24. The fourth-order valence-corrected chi connectivity index (χ4v) is 3.17. The molecule has 3 aromatic carbocycles.